The Labute approximate surface area is 158 Å². The molecule has 0 amide bonds. The van der Waals surface area contributed by atoms with Crippen molar-refractivity contribution in [2.45, 2.75) is 19.1 Å². The molecule has 0 fully saturated rings. The van der Waals surface area contributed by atoms with E-state index >= 15 is 0 Å². The smallest absolute Gasteiger partial charge is 0.422 e. The van der Waals surface area contributed by atoms with E-state index in [-0.39, 0.29) is 10.8 Å². The molecule has 0 saturated heterocycles. The maximum absolute atomic E-state index is 13.9. The van der Waals surface area contributed by atoms with Gasteiger partial charge < -0.3 is 15.0 Å². The lowest BCUT2D eigenvalue weighted by molar-refractivity contribution is -0.153. The van der Waals surface area contributed by atoms with Crippen LogP contribution in [-0.4, -0.2) is 24.3 Å². The Morgan fingerprint density at radius 3 is 2.74 bits per heavy atom. The maximum atomic E-state index is 13.9. The molecule has 8 heteroatoms. The second-order valence-corrected chi connectivity index (χ2v) is 6.48. The van der Waals surface area contributed by atoms with Crippen LogP contribution in [0, 0.1) is 5.82 Å². The third-order valence-electron chi connectivity index (χ3n) is 4.03. The predicted molar refractivity (Wildman–Crippen MR) is 96.7 cm³/mol. The summed E-state index contributed by atoms with van der Waals surface area (Å²) >= 11 is 5.77. The topological polar surface area (TPSA) is 37.0 Å². The Balaban J connectivity index is 1.53. The molecule has 2 aromatic carbocycles. The molecule has 1 aromatic heterocycles. The van der Waals surface area contributed by atoms with Gasteiger partial charge in [0, 0.05) is 18.1 Å². The number of fused-ring (bicyclic) bond motifs is 1. The molecule has 0 aliphatic rings. The minimum Gasteiger partial charge on any atom is -0.484 e. The van der Waals surface area contributed by atoms with Gasteiger partial charge in [0.05, 0.1) is 10.5 Å². The van der Waals surface area contributed by atoms with E-state index in [9.17, 15) is 17.6 Å². The van der Waals surface area contributed by atoms with Gasteiger partial charge in [-0.1, -0.05) is 29.8 Å². The molecule has 0 saturated carbocycles. The number of aromatic amines is 1. The zero-order chi connectivity index (χ0) is 19.4. The lowest BCUT2D eigenvalue weighted by Crippen LogP contribution is -2.19. The highest BCUT2D eigenvalue weighted by Crippen LogP contribution is 2.26. The van der Waals surface area contributed by atoms with E-state index in [2.05, 4.69) is 10.3 Å². The van der Waals surface area contributed by atoms with Gasteiger partial charge in [0.1, 0.15) is 5.75 Å². The highest BCUT2D eigenvalue weighted by atomic mass is 35.5. The van der Waals surface area contributed by atoms with E-state index in [1.165, 1.54) is 12.1 Å². The Kier molecular flexibility index (Phi) is 5.92. The lowest BCUT2D eigenvalue weighted by Gasteiger charge is -2.10. The number of alkyl halides is 3. The van der Waals surface area contributed by atoms with E-state index in [1.54, 1.807) is 30.5 Å². The molecule has 144 valence electrons. The van der Waals surface area contributed by atoms with Crippen molar-refractivity contribution in [3.63, 3.8) is 0 Å². The molecule has 2 N–H and O–H groups in total. The zero-order valence-electron chi connectivity index (χ0n) is 14.2. The van der Waals surface area contributed by atoms with Crippen LogP contribution < -0.4 is 10.1 Å². The van der Waals surface area contributed by atoms with Crippen LogP contribution >= 0.6 is 11.6 Å². The number of halogens is 5. The number of aromatic nitrogens is 1. The standard InChI is InChI=1S/C19H17ClF4N2O/c20-16-5-4-15-13(10-26-18(15)17(16)21)6-7-25-9-12-2-1-3-14(8-12)27-11-19(22,23)24/h1-5,8,10,25-26H,6-7,9,11H2. The van der Waals surface area contributed by atoms with Crippen LogP contribution in [0.4, 0.5) is 17.6 Å². The largest absolute Gasteiger partial charge is 0.484 e. The summed E-state index contributed by atoms with van der Waals surface area (Å²) in [6.07, 6.45) is -1.96. The number of benzene rings is 2. The number of hydrogen-bond acceptors (Lipinski definition) is 2. The van der Waals surface area contributed by atoms with E-state index in [4.69, 9.17) is 16.3 Å². The van der Waals surface area contributed by atoms with E-state index < -0.39 is 18.6 Å². The average molecular weight is 401 g/mol. The number of hydrogen-bond donors (Lipinski definition) is 2. The van der Waals surface area contributed by atoms with Gasteiger partial charge in [-0.05, 0) is 42.3 Å². The minimum absolute atomic E-state index is 0.0710. The number of nitrogens with one attached hydrogen (secondary N) is 2. The molecule has 0 bridgehead atoms. The summed E-state index contributed by atoms with van der Waals surface area (Å²) in [5.41, 5.74) is 2.15. The molecule has 0 atom stereocenters. The van der Waals surface area contributed by atoms with Crippen molar-refractivity contribution < 1.29 is 22.3 Å². The van der Waals surface area contributed by atoms with Crippen molar-refractivity contribution in [1.29, 1.82) is 0 Å². The maximum Gasteiger partial charge on any atom is 0.422 e. The second-order valence-electron chi connectivity index (χ2n) is 6.08. The fraction of sp³-hybridized carbons (Fsp3) is 0.263. The first kappa shape index (κ1) is 19.5. The quantitative estimate of drug-likeness (QED) is 0.420. The third-order valence-corrected chi connectivity index (χ3v) is 4.32. The fourth-order valence-corrected chi connectivity index (χ4v) is 2.93. The molecule has 3 aromatic rings. The van der Waals surface area contributed by atoms with Crippen LogP contribution in [0.15, 0.2) is 42.6 Å². The fourth-order valence-electron chi connectivity index (χ4n) is 2.77. The van der Waals surface area contributed by atoms with Crippen LogP contribution in [0.25, 0.3) is 10.9 Å². The summed E-state index contributed by atoms with van der Waals surface area (Å²) < 4.78 is 55.3. The monoisotopic (exact) mass is 400 g/mol. The van der Waals surface area contributed by atoms with Crippen LogP contribution in [0.2, 0.25) is 5.02 Å². The SMILES string of the molecule is Fc1c(Cl)ccc2c(CCNCc3cccc(OCC(F)(F)F)c3)c[nH]c12. The zero-order valence-corrected chi connectivity index (χ0v) is 14.9. The van der Waals surface area contributed by atoms with E-state index in [1.807, 2.05) is 0 Å². The van der Waals surface area contributed by atoms with Gasteiger partial charge in [0.2, 0.25) is 0 Å². The Morgan fingerprint density at radius 2 is 1.96 bits per heavy atom. The number of H-pyrrole nitrogens is 1. The summed E-state index contributed by atoms with van der Waals surface area (Å²) in [6.45, 7) is -0.221. The summed E-state index contributed by atoms with van der Waals surface area (Å²) in [7, 11) is 0. The van der Waals surface area contributed by atoms with Gasteiger partial charge in [-0.15, -0.1) is 0 Å². The van der Waals surface area contributed by atoms with Gasteiger partial charge in [-0.25, -0.2) is 4.39 Å². The second kappa shape index (κ2) is 8.19. The van der Waals surface area contributed by atoms with Crippen molar-refractivity contribution in [2.75, 3.05) is 13.2 Å². The molecule has 0 aliphatic carbocycles. The molecule has 0 spiro atoms. The molecule has 3 nitrogen and oxygen atoms in total. The van der Waals surface area contributed by atoms with Crippen molar-refractivity contribution in [2.24, 2.45) is 0 Å². The van der Waals surface area contributed by atoms with Gasteiger partial charge in [-0.3, -0.25) is 0 Å². The van der Waals surface area contributed by atoms with Crippen molar-refractivity contribution in [3.05, 3.63) is 64.6 Å². The van der Waals surface area contributed by atoms with E-state index in [0.717, 1.165) is 16.5 Å². The predicted octanol–water partition coefficient (Wildman–Crippen LogP) is 5.23. The van der Waals surface area contributed by atoms with Crippen LogP contribution in [0.1, 0.15) is 11.1 Å². The van der Waals surface area contributed by atoms with E-state index in [0.29, 0.717) is 25.0 Å². The molecule has 0 radical (unpaired) electrons. The minimum atomic E-state index is -4.36. The Hall–Kier alpha value is -2.25. The summed E-state index contributed by atoms with van der Waals surface area (Å²) in [4.78, 5) is 2.89. The van der Waals surface area contributed by atoms with Gasteiger partial charge in [0.15, 0.2) is 12.4 Å². The first-order chi connectivity index (χ1) is 12.8. The highest BCUT2D eigenvalue weighted by molar-refractivity contribution is 6.31. The molecule has 3 rings (SSSR count). The van der Waals surface area contributed by atoms with Crippen molar-refractivity contribution >= 4 is 22.5 Å². The number of rotatable bonds is 7. The molecule has 27 heavy (non-hydrogen) atoms. The molecular formula is C19H17ClF4N2O. The highest BCUT2D eigenvalue weighted by Gasteiger charge is 2.28. The first-order valence-electron chi connectivity index (χ1n) is 8.26. The summed E-state index contributed by atoms with van der Waals surface area (Å²) in [6, 6.07) is 9.80. The third kappa shape index (κ3) is 5.14. The molecule has 0 aliphatic heterocycles. The van der Waals surface area contributed by atoms with Crippen molar-refractivity contribution in [1.82, 2.24) is 10.3 Å². The van der Waals surface area contributed by atoms with Crippen LogP contribution in [0.3, 0.4) is 0 Å². The van der Waals surface area contributed by atoms with Crippen LogP contribution in [-0.2, 0) is 13.0 Å². The van der Waals surface area contributed by atoms with Crippen molar-refractivity contribution in [3.8, 4) is 5.75 Å². The first-order valence-corrected chi connectivity index (χ1v) is 8.64. The van der Waals surface area contributed by atoms with Gasteiger partial charge in [0.25, 0.3) is 0 Å². The summed E-state index contributed by atoms with van der Waals surface area (Å²) in [5.74, 6) is -0.292. The molecule has 1 heterocycles. The molecule has 0 unspecified atom stereocenters. The van der Waals surface area contributed by atoms with Gasteiger partial charge >= 0.3 is 6.18 Å². The lowest BCUT2D eigenvalue weighted by atomic mass is 10.1. The number of ether oxygens (including phenoxy) is 1. The normalized spacial score (nSPS) is 11.9. The van der Waals surface area contributed by atoms with Gasteiger partial charge in [-0.2, -0.15) is 13.2 Å². The Morgan fingerprint density at radius 1 is 1.15 bits per heavy atom. The average Bonchev–Trinajstić information content (AvgIpc) is 3.04. The Bertz CT molecular complexity index is 924. The molecular weight excluding hydrogens is 384 g/mol. The summed E-state index contributed by atoms with van der Waals surface area (Å²) in [5, 5.41) is 4.07. The van der Waals surface area contributed by atoms with Crippen LogP contribution in [0.5, 0.6) is 5.75 Å².